The van der Waals surface area contributed by atoms with Gasteiger partial charge in [-0.1, -0.05) is 0 Å². The number of nitrogens with one attached hydrogen (secondary N) is 1. The van der Waals surface area contributed by atoms with Crippen LogP contribution in [0.1, 0.15) is 6.42 Å². The second-order valence-electron chi connectivity index (χ2n) is 3.90. The van der Waals surface area contributed by atoms with Gasteiger partial charge >= 0.3 is 5.97 Å². The van der Waals surface area contributed by atoms with Gasteiger partial charge in [0.25, 0.3) is 0 Å². The fourth-order valence-corrected chi connectivity index (χ4v) is 1.82. The van der Waals surface area contributed by atoms with E-state index in [0.29, 0.717) is 6.07 Å². The van der Waals surface area contributed by atoms with Gasteiger partial charge in [-0.3, -0.25) is 9.59 Å². The Morgan fingerprint density at radius 2 is 2.17 bits per heavy atom. The summed E-state index contributed by atoms with van der Waals surface area (Å²) >= 11 is 0. The van der Waals surface area contributed by atoms with Gasteiger partial charge in [0.15, 0.2) is 5.82 Å². The van der Waals surface area contributed by atoms with Crippen molar-refractivity contribution in [2.75, 3.05) is 23.3 Å². The highest BCUT2D eigenvalue weighted by Crippen LogP contribution is 2.32. The highest BCUT2D eigenvalue weighted by atomic mass is 19.1. The first-order chi connectivity index (χ1) is 8.47. The summed E-state index contributed by atoms with van der Waals surface area (Å²) in [5, 5.41) is 11.1. The number of benzene rings is 1. The van der Waals surface area contributed by atoms with Crippen LogP contribution in [0.5, 0.6) is 0 Å². The second-order valence-corrected chi connectivity index (χ2v) is 3.90. The number of carbonyl (C=O) groups is 2. The van der Waals surface area contributed by atoms with Crippen molar-refractivity contribution < 1.29 is 23.5 Å². The Balaban J connectivity index is 2.49. The standard InChI is InChI=1S/C11H10F2N2O3/c12-6-3-7(13)11-8(4-6)15(5-10(17)18)2-1-9(16)14-11/h3-4H,1-2,5H2,(H,14,16)(H,17,18). The molecule has 0 bridgehead atoms. The zero-order valence-electron chi connectivity index (χ0n) is 9.24. The van der Waals surface area contributed by atoms with Crippen molar-refractivity contribution in [2.24, 2.45) is 0 Å². The van der Waals surface area contributed by atoms with Crippen LogP contribution in [0.25, 0.3) is 0 Å². The summed E-state index contributed by atoms with van der Waals surface area (Å²) in [5.41, 5.74) is -0.138. The van der Waals surface area contributed by atoms with Crippen LogP contribution in [0.2, 0.25) is 0 Å². The van der Waals surface area contributed by atoms with Crippen LogP contribution < -0.4 is 10.2 Å². The van der Waals surface area contributed by atoms with E-state index in [-0.39, 0.29) is 24.3 Å². The molecule has 1 amide bonds. The number of hydrogen-bond donors (Lipinski definition) is 2. The minimum Gasteiger partial charge on any atom is -0.480 e. The van der Waals surface area contributed by atoms with Gasteiger partial charge in [0.1, 0.15) is 18.0 Å². The molecule has 18 heavy (non-hydrogen) atoms. The number of hydrogen-bond acceptors (Lipinski definition) is 3. The maximum absolute atomic E-state index is 13.6. The number of carboxylic acids is 1. The molecule has 0 spiro atoms. The quantitative estimate of drug-likeness (QED) is 0.834. The molecule has 0 radical (unpaired) electrons. The van der Waals surface area contributed by atoms with Crippen molar-refractivity contribution in [3.8, 4) is 0 Å². The minimum absolute atomic E-state index is 0.0169. The summed E-state index contributed by atoms with van der Waals surface area (Å²) in [6.07, 6.45) is 0.0169. The zero-order chi connectivity index (χ0) is 13.3. The van der Waals surface area contributed by atoms with Crippen molar-refractivity contribution in [2.45, 2.75) is 6.42 Å². The lowest BCUT2D eigenvalue weighted by Crippen LogP contribution is -2.30. The molecule has 1 aromatic carbocycles. The van der Waals surface area contributed by atoms with E-state index in [1.54, 1.807) is 0 Å². The molecule has 0 aromatic heterocycles. The molecule has 2 N–H and O–H groups in total. The normalized spacial score (nSPS) is 14.8. The molecule has 7 heteroatoms. The van der Waals surface area contributed by atoms with Crippen LogP contribution >= 0.6 is 0 Å². The Labute approximate surface area is 101 Å². The first-order valence-electron chi connectivity index (χ1n) is 5.23. The van der Waals surface area contributed by atoms with Crippen LogP contribution in [-0.2, 0) is 9.59 Å². The van der Waals surface area contributed by atoms with Gasteiger partial charge in [-0.05, 0) is 6.07 Å². The van der Waals surface area contributed by atoms with Crippen LogP contribution in [-0.4, -0.2) is 30.1 Å². The molecule has 0 saturated carbocycles. The molecular weight excluding hydrogens is 246 g/mol. The molecule has 0 aliphatic carbocycles. The number of anilines is 2. The van der Waals surface area contributed by atoms with Gasteiger partial charge in [0.05, 0.1) is 5.69 Å². The third-order valence-corrected chi connectivity index (χ3v) is 2.57. The van der Waals surface area contributed by atoms with E-state index in [1.807, 2.05) is 0 Å². The van der Waals surface area contributed by atoms with Crippen molar-refractivity contribution >= 4 is 23.3 Å². The minimum atomic E-state index is -1.14. The molecule has 0 unspecified atom stereocenters. The van der Waals surface area contributed by atoms with E-state index in [1.165, 1.54) is 4.90 Å². The molecule has 0 saturated heterocycles. The van der Waals surface area contributed by atoms with Crippen LogP contribution in [0.3, 0.4) is 0 Å². The Morgan fingerprint density at radius 1 is 1.44 bits per heavy atom. The lowest BCUT2D eigenvalue weighted by molar-refractivity contribution is -0.135. The fourth-order valence-electron chi connectivity index (χ4n) is 1.82. The molecule has 0 fully saturated rings. The van der Waals surface area contributed by atoms with Gasteiger partial charge < -0.3 is 15.3 Å². The average Bonchev–Trinajstić information content (AvgIpc) is 2.40. The first kappa shape index (κ1) is 12.3. The number of nitrogens with zero attached hydrogens (tertiary/aromatic N) is 1. The molecule has 96 valence electrons. The molecular formula is C11H10F2N2O3. The smallest absolute Gasteiger partial charge is 0.323 e. The summed E-state index contributed by atoms with van der Waals surface area (Å²) in [5.74, 6) is -3.32. The maximum atomic E-state index is 13.6. The monoisotopic (exact) mass is 256 g/mol. The third-order valence-electron chi connectivity index (χ3n) is 2.57. The summed E-state index contributed by atoms with van der Waals surface area (Å²) in [4.78, 5) is 23.3. The van der Waals surface area contributed by atoms with Crippen molar-refractivity contribution in [1.82, 2.24) is 0 Å². The van der Waals surface area contributed by atoms with E-state index < -0.39 is 30.1 Å². The van der Waals surface area contributed by atoms with Crippen molar-refractivity contribution in [1.29, 1.82) is 0 Å². The highest BCUT2D eigenvalue weighted by molar-refractivity contribution is 5.97. The summed E-state index contributed by atoms with van der Waals surface area (Å²) in [6, 6.07) is 1.65. The third kappa shape index (κ3) is 2.39. The number of carboxylic acid groups (broad SMARTS) is 1. The second kappa shape index (κ2) is 4.59. The Morgan fingerprint density at radius 3 is 2.83 bits per heavy atom. The highest BCUT2D eigenvalue weighted by Gasteiger charge is 2.24. The number of carbonyl (C=O) groups excluding carboxylic acids is 1. The Kier molecular flexibility index (Phi) is 3.14. The topological polar surface area (TPSA) is 69.6 Å². The number of halogens is 2. The summed E-state index contributed by atoms with van der Waals surface area (Å²) in [7, 11) is 0. The van der Waals surface area contributed by atoms with E-state index in [2.05, 4.69) is 5.32 Å². The lowest BCUT2D eigenvalue weighted by Gasteiger charge is -2.22. The van der Waals surface area contributed by atoms with E-state index >= 15 is 0 Å². The van der Waals surface area contributed by atoms with Crippen LogP contribution in [0.15, 0.2) is 12.1 Å². The molecule has 1 aromatic rings. The van der Waals surface area contributed by atoms with Gasteiger partial charge in [-0.2, -0.15) is 0 Å². The van der Waals surface area contributed by atoms with E-state index in [0.717, 1.165) is 6.07 Å². The Bertz CT molecular complexity index is 519. The molecule has 5 nitrogen and oxygen atoms in total. The molecule has 1 aliphatic heterocycles. The van der Waals surface area contributed by atoms with E-state index in [4.69, 9.17) is 5.11 Å². The lowest BCUT2D eigenvalue weighted by atomic mass is 10.2. The van der Waals surface area contributed by atoms with Crippen molar-refractivity contribution in [3.05, 3.63) is 23.8 Å². The molecule has 0 atom stereocenters. The SMILES string of the molecule is O=C(O)CN1CCC(=O)Nc2c(F)cc(F)cc21. The van der Waals surface area contributed by atoms with Crippen molar-refractivity contribution in [3.63, 3.8) is 0 Å². The number of fused-ring (bicyclic) bond motifs is 1. The largest absolute Gasteiger partial charge is 0.480 e. The zero-order valence-corrected chi connectivity index (χ0v) is 9.24. The van der Waals surface area contributed by atoms with Gasteiger partial charge in [0.2, 0.25) is 5.91 Å². The molecule has 1 aliphatic rings. The fraction of sp³-hybridized carbons (Fsp3) is 0.273. The maximum Gasteiger partial charge on any atom is 0.323 e. The molecule has 1 heterocycles. The average molecular weight is 256 g/mol. The van der Waals surface area contributed by atoms with E-state index in [9.17, 15) is 18.4 Å². The molecule has 2 rings (SSSR count). The number of rotatable bonds is 2. The van der Waals surface area contributed by atoms with Gasteiger partial charge in [-0.25, -0.2) is 8.78 Å². The number of amides is 1. The number of aliphatic carboxylic acids is 1. The summed E-state index contributed by atoms with van der Waals surface area (Å²) < 4.78 is 26.7. The first-order valence-corrected chi connectivity index (χ1v) is 5.23. The van der Waals surface area contributed by atoms with Crippen LogP contribution in [0.4, 0.5) is 20.2 Å². The summed E-state index contributed by atoms with van der Waals surface area (Å²) in [6.45, 7) is -0.334. The predicted octanol–water partition coefficient (Wildman–Crippen LogP) is 1.20. The van der Waals surface area contributed by atoms with Gasteiger partial charge in [-0.15, -0.1) is 0 Å². The van der Waals surface area contributed by atoms with Gasteiger partial charge in [0, 0.05) is 19.0 Å². The predicted molar refractivity (Wildman–Crippen MR) is 59.5 cm³/mol. The van der Waals surface area contributed by atoms with Crippen LogP contribution in [0, 0.1) is 11.6 Å². The Hall–Kier alpha value is -2.18.